The lowest BCUT2D eigenvalue weighted by Gasteiger charge is -2.09. The van der Waals surface area contributed by atoms with Crippen LogP contribution >= 0.6 is 0 Å². The number of anilines is 1. The second-order valence-corrected chi connectivity index (χ2v) is 6.28. The molecule has 0 aliphatic rings. The van der Waals surface area contributed by atoms with Crippen LogP contribution in [0.3, 0.4) is 0 Å². The molecule has 0 radical (unpaired) electrons. The van der Waals surface area contributed by atoms with E-state index in [-0.39, 0.29) is 11.7 Å². The molecular weight excluding hydrogens is 341 g/mol. The molecule has 0 saturated heterocycles. The first kappa shape index (κ1) is 16.8. The zero-order valence-corrected chi connectivity index (χ0v) is 14.6. The first-order chi connectivity index (χ1) is 13.1. The van der Waals surface area contributed by atoms with E-state index in [9.17, 15) is 9.18 Å². The fourth-order valence-electron chi connectivity index (χ4n) is 2.97. The van der Waals surface area contributed by atoms with Crippen molar-refractivity contribution in [1.29, 1.82) is 0 Å². The van der Waals surface area contributed by atoms with Gasteiger partial charge in [-0.05, 0) is 65.4 Å². The number of aromatic nitrogens is 2. The second-order valence-electron chi connectivity index (χ2n) is 6.28. The largest absolute Gasteiger partial charge is 0.307 e. The Hall–Kier alpha value is -3.60. The normalized spacial score (nSPS) is 10.7. The maximum Gasteiger partial charge on any atom is 0.256 e. The summed E-state index contributed by atoms with van der Waals surface area (Å²) >= 11 is 0. The summed E-state index contributed by atoms with van der Waals surface area (Å²) in [4.78, 5) is 20.5. The van der Waals surface area contributed by atoms with Crippen LogP contribution in [0.1, 0.15) is 15.9 Å². The van der Waals surface area contributed by atoms with Crippen LogP contribution in [0.5, 0.6) is 0 Å². The van der Waals surface area contributed by atoms with Crippen molar-refractivity contribution in [1.82, 2.24) is 9.97 Å². The lowest BCUT2D eigenvalue weighted by atomic mass is 9.98. The number of hydrogen-bond donors (Lipinski definition) is 1. The smallest absolute Gasteiger partial charge is 0.256 e. The van der Waals surface area contributed by atoms with Gasteiger partial charge in [0.05, 0.1) is 0 Å². The van der Waals surface area contributed by atoms with E-state index in [0.29, 0.717) is 11.4 Å². The number of rotatable bonds is 3. The summed E-state index contributed by atoms with van der Waals surface area (Å²) in [6.45, 7) is 1.95. The Morgan fingerprint density at radius 1 is 0.963 bits per heavy atom. The monoisotopic (exact) mass is 357 g/mol. The molecule has 0 aliphatic carbocycles. The average molecular weight is 357 g/mol. The molecule has 0 fully saturated rings. The van der Waals surface area contributed by atoms with Crippen molar-refractivity contribution in [2.45, 2.75) is 6.92 Å². The summed E-state index contributed by atoms with van der Waals surface area (Å²) in [6.07, 6.45) is 4.84. The molecule has 0 unspecified atom stereocenters. The first-order valence-electron chi connectivity index (χ1n) is 8.48. The molecule has 132 valence electrons. The first-order valence-corrected chi connectivity index (χ1v) is 8.48. The number of carbonyl (C=O) groups is 1. The molecule has 27 heavy (non-hydrogen) atoms. The minimum Gasteiger partial charge on any atom is -0.307 e. The number of pyridine rings is 2. The lowest BCUT2D eigenvalue weighted by molar-refractivity contribution is 0.102. The summed E-state index contributed by atoms with van der Waals surface area (Å²) in [7, 11) is 0. The van der Waals surface area contributed by atoms with Crippen LogP contribution in [0.15, 0.2) is 73.2 Å². The van der Waals surface area contributed by atoms with Gasteiger partial charge in [0.25, 0.3) is 5.91 Å². The highest BCUT2D eigenvalue weighted by molar-refractivity contribution is 6.04. The molecular formula is C22H16FN3O. The van der Waals surface area contributed by atoms with E-state index in [1.54, 1.807) is 36.8 Å². The Morgan fingerprint density at radius 3 is 2.59 bits per heavy atom. The summed E-state index contributed by atoms with van der Waals surface area (Å²) in [6, 6.07) is 15.7. The third kappa shape index (κ3) is 3.53. The van der Waals surface area contributed by atoms with Crippen molar-refractivity contribution < 1.29 is 9.18 Å². The van der Waals surface area contributed by atoms with Crippen LogP contribution < -0.4 is 5.32 Å². The van der Waals surface area contributed by atoms with Gasteiger partial charge >= 0.3 is 0 Å². The summed E-state index contributed by atoms with van der Waals surface area (Å²) in [5.74, 6) is -0.0294. The molecule has 0 aliphatic heterocycles. The molecule has 0 atom stereocenters. The van der Waals surface area contributed by atoms with Gasteiger partial charge < -0.3 is 5.32 Å². The van der Waals surface area contributed by atoms with E-state index in [0.717, 1.165) is 27.5 Å². The van der Waals surface area contributed by atoms with E-state index in [1.807, 2.05) is 31.2 Å². The minimum absolute atomic E-state index is 0.240. The zero-order valence-electron chi connectivity index (χ0n) is 14.6. The SMILES string of the molecule is Cc1ccc(F)cc1-c1ccc2cc(NC(=O)c3ccncc3)ncc2c1. The standard InChI is InChI=1S/C22H16FN3O/c1-14-2-5-19(23)12-20(14)17-4-3-16-11-21(25-13-18(16)10-17)26-22(27)15-6-8-24-9-7-15/h2-13H,1H3,(H,25,26,27). The van der Waals surface area contributed by atoms with Crippen LogP contribution in [0.2, 0.25) is 0 Å². The van der Waals surface area contributed by atoms with Crippen molar-refractivity contribution >= 4 is 22.5 Å². The number of amides is 1. The van der Waals surface area contributed by atoms with Gasteiger partial charge in [0.2, 0.25) is 0 Å². The Bertz CT molecular complexity index is 1140. The number of nitrogens with one attached hydrogen (secondary N) is 1. The fraction of sp³-hybridized carbons (Fsp3) is 0.0455. The Labute approximate surface area is 155 Å². The summed E-state index contributed by atoms with van der Waals surface area (Å²) in [5, 5.41) is 4.64. The van der Waals surface area contributed by atoms with Gasteiger partial charge in [-0.2, -0.15) is 0 Å². The molecule has 4 nitrogen and oxygen atoms in total. The molecule has 0 bridgehead atoms. The van der Waals surface area contributed by atoms with Gasteiger partial charge in [-0.15, -0.1) is 0 Å². The minimum atomic E-state index is -0.261. The highest BCUT2D eigenvalue weighted by atomic mass is 19.1. The highest BCUT2D eigenvalue weighted by Crippen LogP contribution is 2.28. The number of nitrogens with zero attached hydrogens (tertiary/aromatic N) is 2. The van der Waals surface area contributed by atoms with Gasteiger partial charge in [0, 0.05) is 29.5 Å². The molecule has 2 aromatic heterocycles. The molecule has 0 saturated carbocycles. The number of halogens is 1. The third-order valence-corrected chi connectivity index (χ3v) is 4.42. The summed E-state index contributed by atoms with van der Waals surface area (Å²) in [5.41, 5.74) is 3.30. The molecule has 4 aromatic rings. The maximum atomic E-state index is 13.6. The Kier molecular flexibility index (Phi) is 4.34. The average Bonchev–Trinajstić information content (AvgIpc) is 2.70. The molecule has 0 spiro atoms. The maximum absolute atomic E-state index is 13.6. The zero-order chi connectivity index (χ0) is 18.8. The lowest BCUT2D eigenvalue weighted by Crippen LogP contribution is -2.12. The molecule has 1 amide bonds. The quantitative estimate of drug-likeness (QED) is 0.561. The van der Waals surface area contributed by atoms with Crippen LogP contribution in [0, 0.1) is 12.7 Å². The molecule has 2 aromatic carbocycles. The van der Waals surface area contributed by atoms with Crippen molar-refractivity contribution in [2.24, 2.45) is 0 Å². The number of hydrogen-bond acceptors (Lipinski definition) is 3. The fourth-order valence-corrected chi connectivity index (χ4v) is 2.97. The van der Waals surface area contributed by atoms with Gasteiger partial charge in [0.15, 0.2) is 0 Å². The van der Waals surface area contributed by atoms with Gasteiger partial charge in [-0.1, -0.05) is 18.2 Å². The van der Waals surface area contributed by atoms with E-state index in [1.165, 1.54) is 12.1 Å². The third-order valence-electron chi connectivity index (χ3n) is 4.42. The highest BCUT2D eigenvalue weighted by Gasteiger charge is 2.08. The summed E-state index contributed by atoms with van der Waals surface area (Å²) < 4.78 is 13.6. The van der Waals surface area contributed by atoms with Crippen molar-refractivity contribution in [2.75, 3.05) is 5.32 Å². The van der Waals surface area contributed by atoms with Crippen LogP contribution in [0.25, 0.3) is 21.9 Å². The van der Waals surface area contributed by atoms with E-state index in [2.05, 4.69) is 15.3 Å². The number of benzene rings is 2. The predicted molar refractivity (Wildman–Crippen MR) is 104 cm³/mol. The second kappa shape index (κ2) is 6.96. The van der Waals surface area contributed by atoms with E-state index in [4.69, 9.17) is 0 Å². The Balaban J connectivity index is 1.64. The van der Waals surface area contributed by atoms with Crippen LogP contribution in [-0.4, -0.2) is 15.9 Å². The predicted octanol–water partition coefficient (Wildman–Crippen LogP) is 5.00. The Morgan fingerprint density at radius 2 is 1.78 bits per heavy atom. The van der Waals surface area contributed by atoms with Crippen LogP contribution in [0.4, 0.5) is 10.2 Å². The van der Waals surface area contributed by atoms with Gasteiger partial charge in [0.1, 0.15) is 11.6 Å². The van der Waals surface area contributed by atoms with E-state index < -0.39 is 0 Å². The topological polar surface area (TPSA) is 54.9 Å². The van der Waals surface area contributed by atoms with Crippen molar-refractivity contribution in [3.05, 3.63) is 90.1 Å². The van der Waals surface area contributed by atoms with Gasteiger partial charge in [-0.3, -0.25) is 9.78 Å². The number of aryl methyl sites for hydroxylation is 1. The molecule has 4 rings (SSSR count). The number of fused-ring (bicyclic) bond motifs is 1. The van der Waals surface area contributed by atoms with E-state index >= 15 is 0 Å². The number of carbonyl (C=O) groups excluding carboxylic acids is 1. The van der Waals surface area contributed by atoms with Crippen LogP contribution in [-0.2, 0) is 0 Å². The molecule has 2 heterocycles. The molecule has 1 N–H and O–H groups in total. The van der Waals surface area contributed by atoms with Crippen molar-refractivity contribution in [3.63, 3.8) is 0 Å². The van der Waals surface area contributed by atoms with Crippen molar-refractivity contribution in [3.8, 4) is 11.1 Å². The van der Waals surface area contributed by atoms with Gasteiger partial charge in [-0.25, -0.2) is 9.37 Å². The molecule has 5 heteroatoms.